The van der Waals surface area contributed by atoms with Crippen LogP contribution in [0.15, 0.2) is 288 Å². The third-order valence-electron chi connectivity index (χ3n) is 13.2. The molecule has 4 nitrogen and oxygen atoms in total. The molecule has 0 amide bonds. The predicted octanol–water partition coefficient (Wildman–Crippen LogP) is 14.4. The second-order valence-corrected chi connectivity index (χ2v) is 17.8. The van der Waals surface area contributed by atoms with Crippen molar-refractivity contribution < 1.29 is 0 Å². The van der Waals surface area contributed by atoms with Crippen molar-refractivity contribution in [1.82, 2.24) is 18.9 Å². The molecule has 0 saturated carbocycles. The van der Waals surface area contributed by atoms with Crippen molar-refractivity contribution in [3.05, 3.63) is 309 Å². The zero-order valence-electron chi connectivity index (χ0n) is 42.9. The van der Waals surface area contributed by atoms with Gasteiger partial charge in [-0.15, -0.1) is 13.2 Å². The molecular formula is C69H72N4. The smallest absolute Gasteiger partial charge is 0.0610 e. The molecule has 0 saturated heterocycles. The Morgan fingerprint density at radius 2 is 1.55 bits per heavy atom. The maximum Gasteiger partial charge on any atom is 0.0610 e. The molecule has 2 aromatic heterocycles. The van der Waals surface area contributed by atoms with Gasteiger partial charge in [0.15, 0.2) is 0 Å². The summed E-state index contributed by atoms with van der Waals surface area (Å²) in [6.45, 7) is 48.7. The molecule has 368 valence electrons. The number of allylic oxidation sites excluding steroid dienone is 21. The van der Waals surface area contributed by atoms with Crippen LogP contribution in [0.2, 0.25) is 0 Å². The number of nitrogens with zero attached hydrogens (tertiary/aromatic N) is 4. The summed E-state index contributed by atoms with van der Waals surface area (Å²) >= 11 is 0. The Balaban J connectivity index is 1.31. The Morgan fingerprint density at radius 3 is 2.22 bits per heavy atom. The van der Waals surface area contributed by atoms with Gasteiger partial charge in [-0.2, -0.15) is 0 Å². The highest BCUT2D eigenvalue weighted by atomic mass is 15.2. The molecule has 0 fully saturated rings. The van der Waals surface area contributed by atoms with Gasteiger partial charge in [-0.3, -0.25) is 0 Å². The van der Waals surface area contributed by atoms with Crippen LogP contribution in [0.1, 0.15) is 32.2 Å². The lowest BCUT2D eigenvalue weighted by Crippen LogP contribution is -2.33. The van der Waals surface area contributed by atoms with Crippen LogP contribution in [-0.2, 0) is 0 Å². The Labute approximate surface area is 435 Å². The van der Waals surface area contributed by atoms with Crippen LogP contribution >= 0.6 is 0 Å². The van der Waals surface area contributed by atoms with Crippen molar-refractivity contribution in [2.45, 2.75) is 44.3 Å². The fourth-order valence-electron chi connectivity index (χ4n) is 9.51. The van der Waals surface area contributed by atoms with E-state index in [2.05, 4.69) is 207 Å². The zero-order valence-corrected chi connectivity index (χ0v) is 42.9. The predicted molar refractivity (Wildman–Crippen MR) is 322 cm³/mol. The lowest BCUT2D eigenvalue weighted by molar-refractivity contribution is 0.365. The molecule has 2 aliphatic rings. The second-order valence-electron chi connectivity index (χ2n) is 17.8. The molecule has 4 aromatic rings. The summed E-state index contributed by atoms with van der Waals surface area (Å²) in [5, 5.41) is 6.24. The van der Waals surface area contributed by atoms with Crippen molar-refractivity contribution >= 4 is 53.3 Å². The summed E-state index contributed by atoms with van der Waals surface area (Å²) < 4.78 is 4.44. The minimum Gasteiger partial charge on any atom is -0.342 e. The van der Waals surface area contributed by atoms with Gasteiger partial charge < -0.3 is 18.9 Å². The maximum absolute atomic E-state index is 4.63. The van der Waals surface area contributed by atoms with Gasteiger partial charge in [-0.05, 0) is 85.3 Å². The lowest BCUT2D eigenvalue weighted by atomic mass is 9.93. The van der Waals surface area contributed by atoms with Crippen molar-refractivity contribution in [2.75, 3.05) is 0 Å². The van der Waals surface area contributed by atoms with Crippen LogP contribution in [0, 0.1) is 11.8 Å². The number of fused-ring (bicyclic) bond motifs is 2. The van der Waals surface area contributed by atoms with Crippen LogP contribution in [0.4, 0.5) is 0 Å². The van der Waals surface area contributed by atoms with Crippen LogP contribution in [0.3, 0.4) is 0 Å². The van der Waals surface area contributed by atoms with E-state index in [0.717, 1.165) is 90.3 Å². The van der Waals surface area contributed by atoms with E-state index in [0.29, 0.717) is 0 Å². The minimum absolute atomic E-state index is 0.0124. The average molecular weight is 957 g/mol. The second kappa shape index (κ2) is 26.6. The Bertz CT molecular complexity index is 3360. The summed E-state index contributed by atoms with van der Waals surface area (Å²) in [5.41, 5.74) is 6.98. The van der Waals surface area contributed by atoms with Gasteiger partial charge >= 0.3 is 0 Å². The molecule has 5 unspecified atom stereocenters. The number of hydrogen-bond donors (Lipinski definition) is 0. The van der Waals surface area contributed by atoms with Crippen molar-refractivity contribution in [2.24, 2.45) is 11.8 Å². The summed E-state index contributed by atoms with van der Waals surface area (Å²) in [5.74, 6) is 0.0172. The number of hydrogen-bond acceptors (Lipinski definition) is 2. The maximum atomic E-state index is 4.63. The summed E-state index contributed by atoms with van der Waals surface area (Å²) in [4.78, 5) is 4.41. The van der Waals surface area contributed by atoms with E-state index in [1.54, 1.807) is 12.2 Å². The molecule has 0 spiro atoms. The van der Waals surface area contributed by atoms with E-state index in [1.807, 2.05) is 98.2 Å². The third kappa shape index (κ3) is 12.8. The molecule has 4 heteroatoms. The van der Waals surface area contributed by atoms with E-state index in [-0.39, 0.29) is 30.0 Å². The van der Waals surface area contributed by atoms with Gasteiger partial charge in [-0.1, -0.05) is 223 Å². The lowest BCUT2D eigenvalue weighted by Gasteiger charge is -2.33. The minimum atomic E-state index is -0.180. The first kappa shape index (κ1) is 53.7. The van der Waals surface area contributed by atoms with Gasteiger partial charge in [0.05, 0.1) is 23.6 Å². The number of benzene rings is 2. The molecule has 0 N–H and O–H groups in total. The molecule has 3 heterocycles. The normalized spacial score (nSPS) is 19.7. The van der Waals surface area contributed by atoms with E-state index in [1.165, 1.54) is 0 Å². The molecule has 5 atom stereocenters. The van der Waals surface area contributed by atoms with E-state index in [9.17, 15) is 0 Å². The van der Waals surface area contributed by atoms with Gasteiger partial charge in [0.1, 0.15) is 0 Å². The fraction of sp³-hybridized carbons (Fsp3) is 0.130. The molecule has 0 radical (unpaired) electrons. The van der Waals surface area contributed by atoms with Crippen molar-refractivity contribution in [1.29, 1.82) is 0 Å². The van der Waals surface area contributed by atoms with E-state index in [4.69, 9.17) is 0 Å². The van der Waals surface area contributed by atoms with E-state index < -0.39 is 0 Å². The average Bonchev–Trinajstić information content (AvgIpc) is 3.87. The SMILES string of the molecule is C=CC=C(C=C)C1=CCC(N(C=CC)C(=C)C=CC(=C)N2C=CCC(C=CCC(C=C)n3c(=CC=C)c(=C)c4ccccc43)C=CC(C=CC(C=C)=CC=Cn3c(=C)c(=CC=C)c4ccccc43)C2C=C)C=C1. The van der Waals surface area contributed by atoms with Gasteiger partial charge in [0, 0.05) is 73.3 Å². The topological polar surface area (TPSA) is 16.3 Å². The first-order chi connectivity index (χ1) is 35.6. The molecule has 1 aliphatic heterocycles. The van der Waals surface area contributed by atoms with E-state index >= 15 is 0 Å². The van der Waals surface area contributed by atoms with Gasteiger partial charge in [0.2, 0.25) is 0 Å². The largest absolute Gasteiger partial charge is 0.342 e. The quantitative estimate of drug-likeness (QED) is 0.0576. The number of rotatable bonds is 22. The van der Waals surface area contributed by atoms with Gasteiger partial charge in [0.25, 0.3) is 0 Å². The molecule has 6 rings (SSSR count). The molecule has 0 bridgehead atoms. The van der Waals surface area contributed by atoms with Crippen molar-refractivity contribution in [3.63, 3.8) is 0 Å². The standard InChI is InChI=1S/C69H72N4/c1-13-28-58(18-6)59-45-47-62(48-46-59)70(49-16-4)52(9)39-40-53(10)71-50-27-33-57(31-25-34-61(19-7)73-67(30-15-3)54(11)63-35-21-24-38-69(63)73)42-44-60(66(71)20-8)43-41-56(17-5)32-26-51-72-55(12)64(29-14-2)65-36-22-23-37-68(65)72/h13-32,35-47,49-51,57,60-62,66H,1-3,5-12,33-34,48H2,4H3. The number of aromatic nitrogens is 2. The summed E-state index contributed by atoms with van der Waals surface area (Å²) in [6, 6.07) is 16.6. The number of para-hydroxylation sites is 2. The summed E-state index contributed by atoms with van der Waals surface area (Å²) in [7, 11) is 0. The summed E-state index contributed by atoms with van der Waals surface area (Å²) in [6.07, 6.45) is 60.5. The van der Waals surface area contributed by atoms with Crippen LogP contribution in [-0.4, -0.2) is 31.0 Å². The van der Waals surface area contributed by atoms with Crippen LogP contribution in [0.25, 0.3) is 53.3 Å². The van der Waals surface area contributed by atoms with Crippen LogP contribution in [0.5, 0.6) is 0 Å². The molecular weight excluding hydrogens is 885 g/mol. The monoisotopic (exact) mass is 957 g/mol. The zero-order chi connectivity index (χ0) is 52.3. The van der Waals surface area contributed by atoms with Gasteiger partial charge in [-0.25, -0.2) is 0 Å². The Kier molecular flexibility index (Phi) is 19.6. The van der Waals surface area contributed by atoms with Crippen molar-refractivity contribution in [3.8, 4) is 0 Å². The molecule has 2 aromatic carbocycles. The third-order valence-corrected chi connectivity index (χ3v) is 13.2. The first-order valence-electron chi connectivity index (χ1n) is 24.9. The Morgan fingerprint density at radius 1 is 0.795 bits per heavy atom. The highest BCUT2D eigenvalue weighted by molar-refractivity contribution is 5.84. The molecule has 1 aliphatic carbocycles. The molecule has 73 heavy (non-hydrogen) atoms. The van der Waals surface area contributed by atoms with Crippen LogP contribution < -0.4 is 21.1 Å². The highest BCUT2D eigenvalue weighted by Gasteiger charge is 2.23. The first-order valence-corrected chi connectivity index (χ1v) is 24.9. The fourth-order valence-corrected chi connectivity index (χ4v) is 9.51. The highest BCUT2D eigenvalue weighted by Crippen LogP contribution is 2.29. The Hall–Kier alpha value is -8.60.